The van der Waals surface area contributed by atoms with Gasteiger partial charge in [0.15, 0.2) is 6.29 Å². The molecule has 23 heavy (non-hydrogen) atoms. The molecule has 6 nitrogen and oxygen atoms in total. The Kier molecular flexibility index (Phi) is 7.68. The summed E-state index contributed by atoms with van der Waals surface area (Å²) in [7, 11) is -1.61. The Morgan fingerprint density at radius 1 is 1.04 bits per heavy atom. The van der Waals surface area contributed by atoms with E-state index in [4.69, 9.17) is 26.6 Å². The Balaban J connectivity index is 1.73. The summed E-state index contributed by atoms with van der Waals surface area (Å²) in [5.41, 5.74) is 0. The molecular weight excluding hydrogens is 332 g/mol. The van der Waals surface area contributed by atoms with Gasteiger partial charge in [0.1, 0.15) is 6.61 Å². The average molecular weight is 365 g/mol. The Morgan fingerprint density at radius 3 is 2.22 bits per heavy atom. The van der Waals surface area contributed by atoms with Gasteiger partial charge in [-0.3, -0.25) is 0 Å². The second-order valence-corrected chi connectivity index (χ2v) is 12.5. The Hall–Kier alpha value is 0.194. The van der Waals surface area contributed by atoms with Gasteiger partial charge in [0.05, 0.1) is 0 Å². The zero-order chi connectivity index (χ0) is 16.8. The van der Waals surface area contributed by atoms with E-state index in [2.05, 4.69) is 13.8 Å². The van der Waals surface area contributed by atoms with Crippen LogP contribution in [0.1, 0.15) is 46.0 Å². The molecule has 0 aromatic rings. The molecule has 2 atom stereocenters. The molecule has 136 valence electrons. The van der Waals surface area contributed by atoms with Gasteiger partial charge in [-0.05, 0) is 18.8 Å². The maximum absolute atomic E-state index is 6.23. The van der Waals surface area contributed by atoms with Gasteiger partial charge in [0.25, 0.3) is 0 Å². The van der Waals surface area contributed by atoms with Crippen LogP contribution in [0.15, 0.2) is 0 Å². The van der Waals surface area contributed by atoms with Crippen molar-refractivity contribution in [1.29, 1.82) is 0 Å². The van der Waals surface area contributed by atoms with Crippen molar-refractivity contribution in [3.05, 3.63) is 0 Å². The van der Waals surface area contributed by atoms with Crippen molar-refractivity contribution in [1.82, 2.24) is 0 Å². The van der Waals surface area contributed by atoms with Gasteiger partial charge >= 0.3 is 17.6 Å². The number of hydrogen-bond acceptors (Lipinski definition) is 6. The Bertz CT molecular complexity index is 347. The molecule has 0 bridgehead atoms. The molecule has 2 aliphatic rings. The molecule has 0 radical (unpaired) electrons. The molecular formula is C15H32O6Si2. The highest BCUT2D eigenvalue weighted by molar-refractivity contribution is 6.88. The molecule has 2 fully saturated rings. The van der Waals surface area contributed by atoms with Crippen molar-refractivity contribution in [2.24, 2.45) is 5.92 Å². The van der Waals surface area contributed by atoms with Crippen LogP contribution in [-0.2, 0) is 26.6 Å². The number of rotatable bonds is 13. The lowest BCUT2D eigenvalue weighted by Gasteiger charge is -2.49. The maximum Gasteiger partial charge on any atom is 0.486 e. The summed E-state index contributed by atoms with van der Waals surface area (Å²) in [5, 5.41) is 0. The molecule has 0 aromatic heterocycles. The summed E-state index contributed by atoms with van der Waals surface area (Å²) in [5.74, 6) is 0.734. The SMILES string of the molecule is CCCC(CC)CC[Si]1(OC)O[Si](CCCOC2CO2)(OC)O1. The van der Waals surface area contributed by atoms with Gasteiger partial charge in [-0.1, -0.05) is 33.1 Å². The number of ether oxygens (including phenoxy) is 2. The highest BCUT2D eigenvalue weighted by atomic mass is 28.5. The van der Waals surface area contributed by atoms with Crippen molar-refractivity contribution in [3.63, 3.8) is 0 Å². The first-order chi connectivity index (χ1) is 11.1. The van der Waals surface area contributed by atoms with E-state index < -0.39 is 17.6 Å². The van der Waals surface area contributed by atoms with Crippen LogP contribution in [0.4, 0.5) is 0 Å². The molecule has 0 saturated carbocycles. The molecule has 0 amide bonds. The summed E-state index contributed by atoms with van der Waals surface area (Å²) >= 11 is 0. The van der Waals surface area contributed by atoms with Crippen molar-refractivity contribution in [2.45, 2.75) is 64.3 Å². The fraction of sp³-hybridized carbons (Fsp3) is 1.00. The van der Waals surface area contributed by atoms with Crippen molar-refractivity contribution in [3.8, 4) is 0 Å². The van der Waals surface area contributed by atoms with Gasteiger partial charge in [0, 0.05) is 32.9 Å². The minimum atomic E-state index is -2.51. The molecule has 2 aliphatic heterocycles. The van der Waals surface area contributed by atoms with Crippen LogP contribution in [0.25, 0.3) is 0 Å². The lowest BCUT2D eigenvalue weighted by molar-refractivity contribution is 0.0245. The van der Waals surface area contributed by atoms with Crippen molar-refractivity contribution >= 4 is 17.6 Å². The zero-order valence-corrected chi connectivity index (χ0v) is 17.0. The van der Waals surface area contributed by atoms with E-state index in [-0.39, 0.29) is 6.29 Å². The highest BCUT2D eigenvalue weighted by Gasteiger charge is 2.66. The molecule has 0 aromatic carbocycles. The van der Waals surface area contributed by atoms with E-state index in [1.165, 1.54) is 19.3 Å². The van der Waals surface area contributed by atoms with Gasteiger partial charge in [0.2, 0.25) is 0 Å². The van der Waals surface area contributed by atoms with Crippen molar-refractivity contribution < 1.29 is 26.6 Å². The first kappa shape index (κ1) is 19.5. The van der Waals surface area contributed by atoms with Crippen LogP contribution in [-0.4, -0.2) is 51.3 Å². The van der Waals surface area contributed by atoms with Gasteiger partial charge in [-0.2, -0.15) is 0 Å². The third kappa shape index (κ3) is 5.60. The number of hydrogen-bond donors (Lipinski definition) is 0. The van der Waals surface area contributed by atoms with Gasteiger partial charge in [-0.25, -0.2) is 0 Å². The molecule has 2 unspecified atom stereocenters. The molecule has 2 rings (SSSR count). The van der Waals surface area contributed by atoms with Crippen molar-refractivity contribution in [2.75, 3.05) is 27.4 Å². The molecule has 8 heteroatoms. The van der Waals surface area contributed by atoms with Crippen LogP contribution in [0.2, 0.25) is 12.1 Å². The topological polar surface area (TPSA) is 58.7 Å². The quantitative estimate of drug-likeness (QED) is 0.284. The molecule has 0 spiro atoms. The van der Waals surface area contributed by atoms with Gasteiger partial charge < -0.3 is 26.6 Å². The third-order valence-corrected chi connectivity index (χ3v) is 12.7. The van der Waals surface area contributed by atoms with E-state index >= 15 is 0 Å². The summed E-state index contributed by atoms with van der Waals surface area (Å²) in [6, 6.07) is 1.67. The van der Waals surface area contributed by atoms with Crippen LogP contribution in [0.5, 0.6) is 0 Å². The van der Waals surface area contributed by atoms with E-state index in [0.29, 0.717) is 6.61 Å². The predicted molar refractivity (Wildman–Crippen MR) is 90.9 cm³/mol. The second-order valence-electron chi connectivity index (χ2n) is 6.32. The van der Waals surface area contributed by atoms with E-state index in [1.807, 2.05) is 0 Å². The van der Waals surface area contributed by atoms with Crippen LogP contribution in [0.3, 0.4) is 0 Å². The van der Waals surface area contributed by atoms with E-state index in [0.717, 1.165) is 37.5 Å². The lowest BCUT2D eigenvalue weighted by atomic mass is 9.98. The first-order valence-electron chi connectivity index (χ1n) is 8.84. The molecule has 2 heterocycles. The highest BCUT2D eigenvalue weighted by Crippen LogP contribution is 2.40. The largest absolute Gasteiger partial charge is 0.486 e. The molecule has 0 N–H and O–H groups in total. The van der Waals surface area contributed by atoms with Crippen LogP contribution < -0.4 is 0 Å². The fourth-order valence-corrected chi connectivity index (χ4v) is 11.6. The summed E-state index contributed by atoms with van der Waals surface area (Å²) in [4.78, 5) is 0. The maximum atomic E-state index is 6.23. The van der Waals surface area contributed by atoms with Crippen LogP contribution in [0, 0.1) is 5.92 Å². The monoisotopic (exact) mass is 364 g/mol. The Labute approximate surface area is 142 Å². The normalized spacial score (nSPS) is 34.2. The summed E-state index contributed by atoms with van der Waals surface area (Å²) in [6.07, 6.45) is 5.68. The van der Waals surface area contributed by atoms with Crippen LogP contribution >= 0.6 is 0 Å². The molecule has 2 saturated heterocycles. The Morgan fingerprint density at radius 2 is 1.70 bits per heavy atom. The standard InChI is InChI=1S/C15H32O6Si2/c1-5-8-14(6-2)9-12-23(17-4)20-22(16-3,21-23)11-7-10-18-15-13-19-15/h14-15H,5-13H2,1-4H3. The van der Waals surface area contributed by atoms with E-state index in [1.54, 1.807) is 14.2 Å². The minimum absolute atomic E-state index is 0.00960. The lowest BCUT2D eigenvalue weighted by Crippen LogP contribution is -2.72. The first-order valence-corrected chi connectivity index (χ1v) is 12.7. The fourth-order valence-electron chi connectivity index (χ4n) is 3.04. The minimum Gasteiger partial charge on any atom is -0.378 e. The average Bonchev–Trinajstić information content (AvgIpc) is 3.35. The smallest absolute Gasteiger partial charge is 0.378 e. The van der Waals surface area contributed by atoms with E-state index in [9.17, 15) is 0 Å². The second kappa shape index (κ2) is 9.05. The summed E-state index contributed by atoms with van der Waals surface area (Å²) in [6.45, 7) is 5.86. The number of epoxide rings is 1. The molecule has 0 aliphatic carbocycles. The zero-order valence-electron chi connectivity index (χ0n) is 15.0. The van der Waals surface area contributed by atoms with Gasteiger partial charge in [-0.15, -0.1) is 0 Å². The predicted octanol–water partition coefficient (Wildman–Crippen LogP) is 3.18. The third-order valence-electron chi connectivity index (χ3n) is 4.61. The summed E-state index contributed by atoms with van der Waals surface area (Å²) < 4.78 is 34.2.